The number of aryl methyl sites for hydroxylation is 1. The summed E-state index contributed by atoms with van der Waals surface area (Å²) in [7, 11) is 0. The van der Waals surface area contributed by atoms with Crippen LogP contribution in [0.1, 0.15) is 69.7 Å². The molecule has 0 amide bonds. The Hall–Kier alpha value is -4.01. The number of rotatable bonds is 12. The maximum atomic E-state index is 12.5. The number of hydrogen-bond acceptors (Lipinski definition) is 6. The van der Waals surface area contributed by atoms with E-state index in [0.717, 1.165) is 32.1 Å². The van der Waals surface area contributed by atoms with Crippen LogP contribution in [0.25, 0.3) is 32.3 Å². The first kappa shape index (κ1) is 29.1. The number of carbonyl (C=O) groups is 1. The molecule has 0 radical (unpaired) electrons. The highest BCUT2D eigenvalue weighted by molar-refractivity contribution is 6.23. The maximum Gasteiger partial charge on any atom is 0.330 e. The SMILES string of the molecule is CC[C@H]1O[C@@H](n2cc(COCCCCCCc3ccc4ccc5cccc6ccc3c4c56)c(=O)[nH]c2=O)C[C@@H]1OC(C)=O. The minimum absolute atomic E-state index is 0.107. The van der Waals surface area contributed by atoms with E-state index in [0.29, 0.717) is 25.0 Å². The molecule has 6 rings (SSSR count). The molecule has 1 saturated heterocycles. The summed E-state index contributed by atoms with van der Waals surface area (Å²) >= 11 is 0. The number of ether oxygens (including phenoxy) is 3. The molecular formula is C35H38N2O6. The highest BCUT2D eigenvalue weighted by Crippen LogP contribution is 2.36. The molecule has 1 fully saturated rings. The average Bonchev–Trinajstić information content (AvgIpc) is 3.40. The summed E-state index contributed by atoms with van der Waals surface area (Å²) in [6, 6.07) is 20.0. The van der Waals surface area contributed by atoms with Crippen LogP contribution < -0.4 is 11.2 Å². The Kier molecular flexibility index (Phi) is 8.58. The molecule has 4 aromatic carbocycles. The standard InChI is InChI=1S/C35H38N2O6/c1-3-29-30(42-22(2)38)19-31(43-29)37-20-27(34(39)36-35(37)40)21-41-18-7-5-4-6-9-23-12-13-26-15-14-24-10-8-11-25-16-17-28(23)33(26)32(24)25/h8,10-17,20,29-31H,3-7,9,18-19,21H2,1-2H3,(H,36,39,40)/t29-,30+,31-/m1/s1. The number of esters is 1. The molecule has 224 valence electrons. The van der Waals surface area contributed by atoms with Crippen molar-refractivity contribution in [3.8, 4) is 0 Å². The third kappa shape index (κ3) is 6.08. The Labute approximate surface area is 249 Å². The Balaban J connectivity index is 0.989. The van der Waals surface area contributed by atoms with Crippen LogP contribution in [0.15, 0.2) is 70.4 Å². The molecule has 0 saturated carbocycles. The topological polar surface area (TPSA) is 99.6 Å². The minimum atomic E-state index is -0.620. The normalized spacial score (nSPS) is 18.7. The first-order valence-corrected chi connectivity index (χ1v) is 15.3. The van der Waals surface area contributed by atoms with Crippen molar-refractivity contribution < 1.29 is 19.0 Å². The molecule has 1 aliphatic rings. The lowest BCUT2D eigenvalue weighted by Crippen LogP contribution is -2.34. The fourth-order valence-electron chi connectivity index (χ4n) is 6.48. The molecular weight excluding hydrogens is 544 g/mol. The number of hydrogen-bond donors (Lipinski definition) is 1. The van der Waals surface area contributed by atoms with E-state index in [1.165, 1.54) is 55.6 Å². The summed E-state index contributed by atoms with van der Waals surface area (Å²) in [6.07, 6.45) is 6.29. The summed E-state index contributed by atoms with van der Waals surface area (Å²) in [6.45, 7) is 3.93. The molecule has 0 aliphatic carbocycles. The van der Waals surface area contributed by atoms with E-state index in [-0.39, 0.29) is 18.7 Å². The average molecular weight is 583 g/mol. The molecule has 0 bridgehead atoms. The largest absolute Gasteiger partial charge is 0.460 e. The second kappa shape index (κ2) is 12.7. The lowest BCUT2D eigenvalue weighted by atomic mass is 9.90. The first-order valence-electron chi connectivity index (χ1n) is 15.3. The predicted octanol–water partition coefficient (Wildman–Crippen LogP) is 6.38. The molecule has 1 aliphatic heterocycles. The highest BCUT2D eigenvalue weighted by atomic mass is 16.6. The molecule has 0 spiro atoms. The van der Waals surface area contributed by atoms with Gasteiger partial charge in [-0.3, -0.25) is 19.1 Å². The summed E-state index contributed by atoms with van der Waals surface area (Å²) in [5, 5.41) is 7.96. The molecule has 8 nitrogen and oxygen atoms in total. The molecule has 1 aromatic heterocycles. The molecule has 43 heavy (non-hydrogen) atoms. The van der Waals surface area contributed by atoms with E-state index in [1.54, 1.807) is 0 Å². The van der Waals surface area contributed by atoms with E-state index in [2.05, 4.69) is 59.6 Å². The Bertz CT molecular complexity index is 1840. The summed E-state index contributed by atoms with van der Waals surface area (Å²) in [5.41, 5.74) is 0.742. The van der Waals surface area contributed by atoms with Crippen molar-refractivity contribution in [2.45, 2.75) is 83.8 Å². The summed E-state index contributed by atoms with van der Waals surface area (Å²) in [5.74, 6) is -0.386. The lowest BCUT2D eigenvalue weighted by Gasteiger charge is -2.16. The van der Waals surface area contributed by atoms with Crippen LogP contribution in [0.2, 0.25) is 0 Å². The third-order valence-electron chi connectivity index (χ3n) is 8.61. The fourth-order valence-corrected chi connectivity index (χ4v) is 6.48. The van der Waals surface area contributed by atoms with Crippen molar-refractivity contribution in [2.24, 2.45) is 0 Å². The van der Waals surface area contributed by atoms with Gasteiger partial charge in [0.25, 0.3) is 5.56 Å². The second-order valence-corrected chi connectivity index (χ2v) is 11.5. The predicted molar refractivity (Wildman–Crippen MR) is 168 cm³/mol. The fraction of sp³-hybridized carbons (Fsp3) is 0.400. The van der Waals surface area contributed by atoms with Crippen LogP contribution in [0.3, 0.4) is 0 Å². The number of nitrogens with one attached hydrogen (secondary N) is 1. The van der Waals surface area contributed by atoms with Gasteiger partial charge in [-0.1, -0.05) is 74.4 Å². The van der Waals surface area contributed by atoms with E-state index in [4.69, 9.17) is 14.2 Å². The number of unbranched alkanes of at least 4 members (excludes halogenated alkanes) is 3. The van der Waals surface area contributed by atoms with Gasteiger partial charge in [-0.15, -0.1) is 0 Å². The summed E-state index contributed by atoms with van der Waals surface area (Å²) < 4.78 is 18.5. The monoisotopic (exact) mass is 582 g/mol. The molecule has 8 heteroatoms. The number of nitrogens with zero attached hydrogens (tertiary/aromatic N) is 1. The maximum absolute atomic E-state index is 12.5. The Morgan fingerprint density at radius 3 is 2.42 bits per heavy atom. The van der Waals surface area contributed by atoms with E-state index in [9.17, 15) is 14.4 Å². The number of aromatic nitrogens is 2. The van der Waals surface area contributed by atoms with E-state index >= 15 is 0 Å². The number of benzene rings is 4. The van der Waals surface area contributed by atoms with Gasteiger partial charge in [0.1, 0.15) is 12.3 Å². The zero-order valence-electron chi connectivity index (χ0n) is 24.8. The number of aromatic amines is 1. The highest BCUT2D eigenvalue weighted by Gasteiger charge is 2.38. The van der Waals surface area contributed by atoms with Crippen LogP contribution in [0.5, 0.6) is 0 Å². The zero-order valence-corrected chi connectivity index (χ0v) is 24.8. The van der Waals surface area contributed by atoms with Crippen molar-refractivity contribution >= 4 is 38.3 Å². The van der Waals surface area contributed by atoms with Crippen molar-refractivity contribution in [1.82, 2.24) is 9.55 Å². The second-order valence-electron chi connectivity index (χ2n) is 11.5. The molecule has 1 N–H and O–H groups in total. The Morgan fingerprint density at radius 2 is 1.65 bits per heavy atom. The molecule has 2 heterocycles. The van der Waals surface area contributed by atoms with Crippen molar-refractivity contribution in [3.05, 3.63) is 92.8 Å². The number of H-pyrrole nitrogens is 1. The zero-order chi connectivity index (χ0) is 29.9. The summed E-state index contributed by atoms with van der Waals surface area (Å²) in [4.78, 5) is 38.8. The minimum Gasteiger partial charge on any atom is -0.460 e. The van der Waals surface area contributed by atoms with Crippen molar-refractivity contribution in [1.29, 1.82) is 0 Å². The van der Waals surface area contributed by atoms with Crippen LogP contribution in [-0.2, 0) is 32.0 Å². The Morgan fingerprint density at radius 1 is 0.930 bits per heavy atom. The van der Waals surface area contributed by atoms with Gasteiger partial charge in [0, 0.05) is 26.1 Å². The first-order chi connectivity index (χ1) is 20.9. The van der Waals surface area contributed by atoms with Gasteiger partial charge in [-0.2, -0.15) is 0 Å². The smallest absolute Gasteiger partial charge is 0.330 e. The van der Waals surface area contributed by atoms with Gasteiger partial charge in [-0.25, -0.2) is 4.79 Å². The van der Waals surface area contributed by atoms with Gasteiger partial charge in [-0.05, 0) is 63.6 Å². The van der Waals surface area contributed by atoms with Crippen LogP contribution in [0.4, 0.5) is 0 Å². The quantitative estimate of drug-likeness (QED) is 0.104. The molecule has 5 aromatic rings. The van der Waals surface area contributed by atoms with E-state index in [1.807, 2.05) is 6.92 Å². The molecule has 3 atom stereocenters. The van der Waals surface area contributed by atoms with Gasteiger partial charge >= 0.3 is 11.7 Å². The molecule has 0 unspecified atom stereocenters. The number of carbonyl (C=O) groups excluding carboxylic acids is 1. The lowest BCUT2D eigenvalue weighted by molar-refractivity contribution is -0.149. The van der Waals surface area contributed by atoms with Crippen LogP contribution in [-0.4, -0.2) is 34.3 Å². The van der Waals surface area contributed by atoms with Crippen molar-refractivity contribution in [2.75, 3.05) is 6.61 Å². The van der Waals surface area contributed by atoms with Crippen LogP contribution >= 0.6 is 0 Å². The van der Waals surface area contributed by atoms with Gasteiger partial charge in [0.15, 0.2) is 0 Å². The van der Waals surface area contributed by atoms with Crippen molar-refractivity contribution in [3.63, 3.8) is 0 Å². The third-order valence-corrected chi connectivity index (χ3v) is 8.61. The van der Waals surface area contributed by atoms with Gasteiger partial charge < -0.3 is 14.2 Å². The van der Waals surface area contributed by atoms with Crippen LogP contribution in [0, 0.1) is 0 Å². The van der Waals surface area contributed by atoms with Gasteiger partial charge in [0.2, 0.25) is 0 Å². The van der Waals surface area contributed by atoms with Gasteiger partial charge in [0.05, 0.1) is 18.3 Å². The van der Waals surface area contributed by atoms with E-state index < -0.39 is 23.6 Å².